The summed E-state index contributed by atoms with van der Waals surface area (Å²) in [5, 5.41) is 0. The van der Waals surface area contributed by atoms with Crippen molar-refractivity contribution < 1.29 is 4.58 Å². The van der Waals surface area contributed by atoms with Crippen LogP contribution in [0.1, 0.15) is 38.5 Å². The number of nitrogens with zero attached hydrogens (tertiary/aromatic N) is 1. The highest BCUT2D eigenvalue weighted by Gasteiger charge is 2.21. The van der Waals surface area contributed by atoms with Gasteiger partial charge < -0.3 is 0 Å². The van der Waals surface area contributed by atoms with Gasteiger partial charge in [0.1, 0.15) is 13.1 Å². The maximum Gasteiger partial charge on any atom is 0.152 e. The fraction of sp³-hybridized carbons (Fsp3) is 0.889. The van der Waals surface area contributed by atoms with Crippen LogP contribution in [0.2, 0.25) is 0 Å². The molecule has 0 spiro atoms. The summed E-state index contributed by atoms with van der Waals surface area (Å²) in [6.45, 7) is 2.71. The van der Waals surface area contributed by atoms with Gasteiger partial charge in [-0.25, -0.2) is 4.58 Å². The van der Waals surface area contributed by atoms with Crippen molar-refractivity contribution in [3.63, 3.8) is 0 Å². The monoisotopic (exact) mass is 138 g/mol. The molecule has 0 radical (unpaired) electrons. The van der Waals surface area contributed by atoms with Crippen molar-refractivity contribution in [3.8, 4) is 0 Å². The summed E-state index contributed by atoms with van der Waals surface area (Å²) >= 11 is 0. The van der Waals surface area contributed by atoms with Crippen LogP contribution in [0, 0.1) is 0 Å². The Hall–Kier alpha value is -0.330. The average molecular weight is 138 g/mol. The molecule has 0 N–H and O–H groups in total. The van der Waals surface area contributed by atoms with Crippen molar-refractivity contribution in [2.45, 2.75) is 38.5 Å². The molecule has 0 unspecified atom stereocenters. The van der Waals surface area contributed by atoms with Gasteiger partial charge in [-0.2, -0.15) is 0 Å². The van der Waals surface area contributed by atoms with Crippen LogP contribution in [0.15, 0.2) is 0 Å². The highest BCUT2D eigenvalue weighted by atomic mass is 15.0. The lowest BCUT2D eigenvalue weighted by molar-refractivity contribution is -0.507. The van der Waals surface area contributed by atoms with E-state index in [-0.39, 0.29) is 0 Å². The Morgan fingerprint density at radius 2 is 1.40 bits per heavy atom. The molecule has 0 atom stereocenters. The SMILES string of the molecule is C1CCC(=[N+]2CCCC2)C1. The summed E-state index contributed by atoms with van der Waals surface area (Å²) in [5.41, 5.74) is 1.76. The summed E-state index contributed by atoms with van der Waals surface area (Å²) in [6, 6.07) is 0. The number of hydrogen-bond acceptors (Lipinski definition) is 0. The first kappa shape index (κ1) is 6.38. The van der Waals surface area contributed by atoms with E-state index >= 15 is 0 Å². The molecule has 1 nitrogen and oxygen atoms in total. The minimum atomic E-state index is 1.36. The van der Waals surface area contributed by atoms with E-state index in [0.717, 1.165) is 0 Å². The second-order valence-corrected chi connectivity index (χ2v) is 3.47. The van der Waals surface area contributed by atoms with Crippen LogP contribution in [0.4, 0.5) is 0 Å². The van der Waals surface area contributed by atoms with E-state index in [2.05, 4.69) is 4.58 Å². The second kappa shape index (κ2) is 2.73. The summed E-state index contributed by atoms with van der Waals surface area (Å²) in [5.74, 6) is 0. The molecule has 1 saturated carbocycles. The van der Waals surface area contributed by atoms with Crippen LogP contribution in [0.5, 0.6) is 0 Å². The third kappa shape index (κ3) is 1.09. The van der Waals surface area contributed by atoms with Crippen molar-refractivity contribution in [2.75, 3.05) is 13.1 Å². The number of rotatable bonds is 0. The standard InChI is InChI=1S/C9H16N/c1-2-6-9(5-1)10-7-3-4-8-10/h1-8H2/q+1. The zero-order valence-corrected chi connectivity index (χ0v) is 6.60. The average Bonchev–Trinajstić information content (AvgIpc) is 2.59. The molecule has 0 aromatic carbocycles. The molecule has 1 saturated heterocycles. The minimum absolute atomic E-state index is 1.36. The smallest absolute Gasteiger partial charge is 0.152 e. The quantitative estimate of drug-likeness (QED) is 0.449. The van der Waals surface area contributed by atoms with Crippen LogP contribution < -0.4 is 0 Å². The topological polar surface area (TPSA) is 3.01 Å². The Morgan fingerprint density at radius 1 is 0.800 bits per heavy atom. The molecule has 1 heteroatoms. The Kier molecular flexibility index (Phi) is 1.74. The summed E-state index contributed by atoms with van der Waals surface area (Å²) in [7, 11) is 0. The molecule has 1 heterocycles. The molecule has 0 bridgehead atoms. The van der Waals surface area contributed by atoms with E-state index in [0.29, 0.717) is 0 Å². The van der Waals surface area contributed by atoms with Crippen molar-refractivity contribution >= 4 is 5.71 Å². The Balaban J connectivity index is 2.10. The van der Waals surface area contributed by atoms with Gasteiger partial charge in [-0.05, 0) is 12.8 Å². The van der Waals surface area contributed by atoms with Crippen molar-refractivity contribution in [3.05, 3.63) is 0 Å². The maximum atomic E-state index is 2.62. The highest BCUT2D eigenvalue weighted by Crippen LogP contribution is 2.16. The highest BCUT2D eigenvalue weighted by molar-refractivity contribution is 5.81. The second-order valence-electron chi connectivity index (χ2n) is 3.47. The van der Waals surface area contributed by atoms with E-state index in [4.69, 9.17) is 0 Å². The first-order valence-electron chi connectivity index (χ1n) is 4.56. The molecule has 0 amide bonds. The molecule has 2 fully saturated rings. The summed E-state index contributed by atoms with van der Waals surface area (Å²) < 4.78 is 2.62. The lowest BCUT2D eigenvalue weighted by atomic mass is 10.3. The zero-order valence-electron chi connectivity index (χ0n) is 6.60. The number of hydrogen-bond donors (Lipinski definition) is 0. The van der Waals surface area contributed by atoms with Crippen LogP contribution in [-0.2, 0) is 0 Å². The molecule has 2 aliphatic rings. The predicted octanol–water partition coefficient (Wildman–Crippen LogP) is 1.81. The normalized spacial score (nSPS) is 26.4. The van der Waals surface area contributed by atoms with E-state index in [1.807, 2.05) is 0 Å². The van der Waals surface area contributed by atoms with Crippen LogP contribution in [0.25, 0.3) is 0 Å². The van der Waals surface area contributed by atoms with Gasteiger partial charge in [0.05, 0.1) is 0 Å². The van der Waals surface area contributed by atoms with E-state index in [9.17, 15) is 0 Å². The fourth-order valence-corrected chi connectivity index (χ4v) is 2.13. The molecule has 0 aromatic rings. The molecule has 1 aliphatic carbocycles. The van der Waals surface area contributed by atoms with Gasteiger partial charge in [0.2, 0.25) is 0 Å². The van der Waals surface area contributed by atoms with Gasteiger partial charge in [0.25, 0.3) is 0 Å². The van der Waals surface area contributed by atoms with Crippen molar-refractivity contribution in [1.82, 2.24) is 0 Å². The third-order valence-electron chi connectivity index (χ3n) is 2.73. The van der Waals surface area contributed by atoms with Gasteiger partial charge in [0.15, 0.2) is 5.71 Å². The predicted molar refractivity (Wildman–Crippen MR) is 42.7 cm³/mol. The molecular formula is C9H16N+. The molecular weight excluding hydrogens is 122 g/mol. The Labute approximate surface area is 62.8 Å². The van der Waals surface area contributed by atoms with Crippen molar-refractivity contribution in [1.29, 1.82) is 0 Å². The van der Waals surface area contributed by atoms with Gasteiger partial charge in [0, 0.05) is 25.7 Å². The molecule has 1 aliphatic heterocycles. The first-order chi connectivity index (χ1) is 4.97. The van der Waals surface area contributed by atoms with E-state index < -0.39 is 0 Å². The third-order valence-corrected chi connectivity index (χ3v) is 2.73. The van der Waals surface area contributed by atoms with E-state index in [1.54, 1.807) is 5.71 Å². The van der Waals surface area contributed by atoms with Gasteiger partial charge >= 0.3 is 0 Å². The maximum absolute atomic E-state index is 2.62. The molecule has 2 rings (SSSR count). The van der Waals surface area contributed by atoms with Crippen LogP contribution in [0.3, 0.4) is 0 Å². The minimum Gasteiger partial charge on any atom is -0.237 e. The van der Waals surface area contributed by atoms with Gasteiger partial charge in [-0.3, -0.25) is 0 Å². The Morgan fingerprint density at radius 3 is 2.00 bits per heavy atom. The van der Waals surface area contributed by atoms with Crippen LogP contribution in [-0.4, -0.2) is 23.4 Å². The fourth-order valence-electron chi connectivity index (χ4n) is 2.13. The zero-order chi connectivity index (χ0) is 6.81. The molecule has 0 aromatic heterocycles. The largest absolute Gasteiger partial charge is 0.237 e. The lowest BCUT2D eigenvalue weighted by Crippen LogP contribution is -2.14. The summed E-state index contributed by atoms with van der Waals surface area (Å²) in [6.07, 6.45) is 8.57. The Bertz CT molecular complexity index is 124. The van der Waals surface area contributed by atoms with Crippen molar-refractivity contribution in [2.24, 2.45) is 0 Å². The molecule has 56 valence electrons. The van der Waals surface area contributed by atoms with Gasteiger partial charge in [-0.15, -0.1) is 0 Å². The first-order valence-corrected chi connectivity index (χ1v) is 4.56. The molecule has 10 heavy (non-hydrogen) atoms. The summed E-state index contributed by atoms with van der Waals surface area (Å²) in [4.78, 5) is 0. The van der Waals surface area contributed by atoms with E-state index in [1.165, 1.54) is 51.6 Å². The lowest BCUT2D eigenvalue weighted by Gasteiger charge is -1.95. The van der Waals surface area contributed by atoms with Gasteiger partial charge in [-0.1, -0.05) is 0 Å². The van der Waals surface area contributed by atoms with Crippen LogP contribution >= 0.6 is 0 Å².